The zero-order chi connectivity index (χ0) is 15.2. The number of hydrogen-bond acceptors (Lipinski definition) is 6. The van der Waals surface area contributed by atoms with Crippen molar-refractivity contribution in [2.24, 2.45) is 0 Å². The molecule has 2 rings (SSSR count). The Morgan fingerprint density at radius 2 is 2.33 bits per heavy atom. The molecule has 0 saturated carbocycles. The summed E-state index contributed by atoms with van der Waals surface area (Å²) in [7, 11) is 1.78. The Bertz CT molecular complexity index is 496. The molecule has 1 aliphatic heterocycles. The standard InChI is InChI=1S/C14H21N3O3S/c1-15-21-12-5-6-13(14(10-12)17(19)20)16-8-3-2-4-11(16)7-9-18/h5-6,10-11,15,18H,2-4,7-9H2,1H3. The van der Waals surface area contributed by atoms with E-state index in [2.05, 4.69) is 9.62 Å². The van der Waals surface area contributed by atoms with Crippen LogP contribution in [0.4, 0.5) is 11.4 Å². The summed E-state index contributed by atoms with van der Waals surface area (Å²) < 4.78 is 2.93. The van der Waals surface area contributed by atoms with Crippen molar-refractivity contribution in [3.63, 3.8) is 0 Å². The minimum atomic E-state index is -0.320. The number of nitrogens with zero attached hydrogens (tertiary/aromatic N) is 2. The minimum Gasteiger partial charge on any atom is -0.396 e. The van der Waals surface area contributed by atoms with Gasteiger partial charge in [-0.2, -0.15) is 0 Å². The first kappa shape index (κ1) is 16.1. The molecule has 1 saturated heterocycles. The van der Waals surface area contributed by atoms with E-state index in [1.807, 2.05) is 12.1 Å². The van der Waals surface area contributed by atoms with Crippen LogP contribution in [0.25, 0.3) is 0 Å². The molecule has 6 nitrogen and oxygen atoms in total. The second-order valence-electron chi connectivity index (χ2n) is 5.07. The lowest BCUT2D eigenvalue weighted by Crippen LogP contribution is -2.40. The second-order valence-corrected chi connectivity index (χ2v) is 6.15. The maximum absolute atomic E-state index is 11.4. The molecule has 0 bridgehead atoms. The Morgan fingerprint density at radius 1 is 1.52 bits per heavy atom. The number of rotatable bonds is 6. The average molecular weight is 311 g/mol. The number of aliphatic hydroxyl groups is 1. The van der Waals surface area contributed by atoms with Gasteiger partial charge in [0.2, 0.25) is 0 Å². The van der Waals surface area contributed by atoms with E-state index < -0.39 is 0 Å². The van der Waals surface area contributed by atoms with Gasteiger partial charge in [0.15, 0.2) is 0 Å². The number of anilines is 1. The van der Waals surface area contributed by atoms with E-state index in [4.69, 9.17) is 0 Å². The first-order chi connectivity index (χ1) is 10.2. The Hall–Kier alpha value is -1.31. The monoisotopic (exact) mass is 311 g/mol. The molecular formula is C14H21N3O3S. The van der Waals surface area contributed by atoms with Gasteiger partial charge in [0.1, 0.15) is 5.69 Å². The highest BCUT2D eigenvalue weighted by Gasteiger charge is 2.28. The second kappa shape index (κ2) is 7.63. The summed E-state index contributed by atoms with van der Waals surface area (Å²) in [5.41, 5.74) is 0.804. The summed E-state index contributed by atoms with van der Waals surface area (Å²) in [5.74, 6) is 0. The van der Waals surface area contributed by atoms with Crippen molar-refractivity contribution in [3.05, 3.63) is 28.3 Å². The quantitative estimate of drug-likeness (QED) is 0.477. The number of benzene rings is 1. The van der Waals surface area contributed by atoms with E-state index in [1.165, 1.54) is 11.9 Å². The van der Waals surface area contributed by atoms with Crippen LogP contribution in [0.15, 0.2) is 23.1 Å². The average Bonchev–Trinajstić information content (AvgIpc) is 2.48. The largest absolute Gasteiger partial charge is 0.396 e. The van der Waals surface area contributed by atoms with Crippen LogP contribution < -0.4 is 9.62 Å². The van der Waals surface area contributed by atoms with E-state index in [1.54, 1.807) is 13.1 Å². The van der Waals surface area contributed by atoms with E-state index in [9.17, 15) is 15.2 Å². The number of hydrogen-bond donors (Lipinski definition) is 2. The van der Waals surface area contributed by atoms with Gasteiger partial charge in [-0.15, -0.1) is 0 Å². The number of nitro groups is 1. The third-order valence-electron chi connectivity index (χ3n) is 3.76. The normalized spacial score (nSPS) is 18.8. The van der Waals surface area contributed by atoms with Crippen molar-refractivity contribution < 1.29 is 10.0 Å². The number of nitrogens with one attached hydrogen (secondary N) is 1. The van der Waals surface area contributed by atoms with Gasteiger partial charge in [0, 0.05) is 30.2 Å². The molecule has 1 unspecified atom stereocenters. The fourth-order valence-electron chi connectivity index (χ4n) is 2.84. The molecule has 21 heavy (non-hydrogen) atoms. The summed E-state index contributed by atoms with van der Waals surface area (Å²) in [6, 6.07) is 5.52. The van der Waals surface area contributed by atoms with Gasteiger partial charge >= 0.3 is 0 Å². The lowest BCUT2D eigenvalue weighted by molar-refractivity contribution is -0.384. The smallest absolute Gasteiger partial charge is 0.293 e. The highest BCUT2D eigenvalue weighted by atomic mass is 32.2. The molecule has 1 fully saturated rings. The molecule has 1 aromatic rings. The number of aliphatic hydroxyl groups excluding tert-OH is 1. The van der Waals surface area contributed by atoms with Crippen LogP contribution in [-0.2, 0) is 0 Å². The van der Waals surface area contributed by atoms with Crippen molar-refractivity contribution >= 4 is 23.3 Å². The molecule has 7 heteroatoms. The molecule has 1 aliphatic rings. The van der Waals surface area contributed by atoms with Crippen molar-refractivity contribution in [3.8, 4) is 0 Å². The zero-order valence-corrected chi connectivity index (χ0v) is 12.9. The highest BCUT2D eigenvalue weighted by Crippen LogP contribution is 2.36. The number of piperidine rings is 1. The molecule has 0 radical (unpaired) electrons. The first-order valence-electron chi connectivity index (χ1n) is 7.17. The molecule has 0 aromatic heterocycles. The predicted octanol–water partition coefficient (Wildman–Crippen LogP) is 2.56. The molecule has 2 N–H and O–H groups in total. The zero-order valence-electron chi connectivity index (χ0n) is 12.1. The topological polar surface area (TPSA) is 78.6 Å². The molecule has 0 spiro atoms. The van der Waals surface area contributed by atoms with Crippen LogP contribution >= 0.6 is 11.9 Å². The van der Waals surface area contributed by atoms with E-state index in [-0.39, 0.29) is 23.3 Å². The van der Waals surface area contributed by atoms with Crippen molar-refractivity contribution in [2.45, 2.75) is 36.6 Å². The van der Waals surface area contributed by atoms with Gasteiger partial charge in [0.05, 0.1) is 4.92 Å². The van der Waals surface area contributed by atoms with E-state index >= 15 is 0 Å². The van der Waals surface area contributed by atoms with Crippen molar-refractivity contribution in [1.29, 1.82) is 0 Å². The molecular weight excluding hydrogens is 290 g/mol. The molecule has 0 aliphatic carbocycles. The third-order valence-corrected chi connectivity index (χ3v) is 4.46. The molecule has 0 amide bonds. The summed E-state index contributed by atoms with van der Waals surface area (Å²) >= 11 is 1.36. The summed E-state index contributed by atoms with van der Waals surface area (Å²) in [4.78, 5) is 14.0. The Balaban J connectivity index is 2.33. The van der Waals surface area contributed by atoms with Crippen LogP contribution in [0.5, 0.6) is 0 Å². The number of nitro benzene ring substituents is 1. The van der Waals surface area contributed by atoms with E-state index in [0.717, 1.165) is 30.7 Å². The van der Waals surface area contributed by atoms with Gasteiger partial charge < -0.3 is 10.0 Å². The third kappa shape index (κ3) is 3.87. The lowest BCUT2D eigenvalue weighted by Gasteiger charge is -2.37. The fraction of sp³-hybridized carbons (Fsp3) is 0.571. The summed E-state index contributed by atoms with van der Waals surface area (Å²) in [6.45, 7) is 0.923. The highest BCUT2D eigenvalue weighted by molar-refractivity contribution is 7.97. The lowest BCUT2D eigenvalue weighted by atomic mass is 9.98. The first-order valence-corrected chi connectivity index (χ1v) is 7.98. The van der Waals surface area contributed by atoms with Crippen molar-refractivity contribution in [1.82, 2.24) is 4.72 Å². The van der Waals surface area contributed by atoms with Crippen LogP contribution in [0.1, 0.15) is 25.7 Å². The molecule has 1 heterocycles. The van der Waals surface area contributed by atoms with Crippen LogP contribution in [0.3, 0.4) is 0 Å². The van der Waals surface area contributed by atoms with Crippen LogP contribution in [0.2, 0.25) is 0 Å². The van der Waals surface area contributed by atoms with E-state index in [0.29, 0.717) is 12.1 Å². The Morgan fingerprint density at radius 3 is 3.00 bits per heavy atom. The summed E-state index contributed by atoms with van der Waals surface area (Å²) in [5, 5.41) is 20.6. The fourth-order valence-corrected chi connectivity index (χ4v) is 3.38. The Labute approximate surface area is 128 Å². The maximum Gasteiger partial charge on any atom is 0.293 e. The van der Waals surface area contributed by atoms with Gasteiger partial charge in [-0.05, 0) is 56.8 Å². The molecule has 1 aromatic carbocycles. The van der Waals surface area contributed by atoms with Gasteiger partial charge in [0.25, 0.3) is 5.69 Å². The van der Waals surface area contributed by atoms with Crippen LogP contribution in [-0.4, -0.2) is 36.3 Å². The predicted molar refractivity (Wildman–Crippen MR) is 84.7 cm³/mol. The molecule has 1 atom stereocenters. The summed E-state index contributed by atoms with van der Waals surface area (Å²) in [6.07, 6.45) is 3.78. The van der Waals surface area contributed by atoms with Crippen molar-refractivity contribution in [2.75, 3.05) is 25.1 Å². The SMILES string of the molecule is CNSc1ccc(N2CCCCC2CCO)c([N+](=O)[O-])c1. The van der Waals surface area contributed by atoms with Gasteiger partial charge in [-0.25, -0.2) is 0 Å². The minimum absolute atomic E-state index is 0.114. The van der Waals surface area contributed by atoms with Gasteiger partial charge in [-0.3, -0.25) is 14.8 Å². The molecule has 116 valence electrons. The van der Waals surface area contributed by atoms with Gasteiger partial charge in [-0.1, -0.05) is 0 Å². The Kier molecular flexibility index (Phi) is 5.84. The van der Waals surface area contributed by atoms with Crippen LogP contribution in [0, 0.1) is 10.1 Å². The maximum atomic E-state index is 11.4.